The van der Waals surface area contributed by atoms with Gasteiger partial charge >= 0.3 is 35.8 Å². The summed E-state index contributed by atoms with van der Waals surface area (Å²) in [6.07, 6.45) is -9.75. The van der Waals surface area contributed by atoms with Crippen molar-refractivity contribution in [3.8, 4) is 0 Å². The van der Waals surface area contributed by atoms with Crippen LogP contribution in [0.25, 0.3) is 0 Å². The molecule has 0 amide bonds. The molecule has 24 nitrogen and oxygen atoms in total. The monoisotopic (exact) mass is 817 g/mol. The van der Waals surface area contributed by atoms with Crippen LogP contribution in [0.15, 0.2) is 0 Å². The molecule has 0 saturated heterocycles. The van der Waals surface area contributed by atoms with Crippen molar-refractivity contribution < 1.29 is 173 Å². The molecular weight excluding hydrogens is 783 g/mol. The van der Waals surface area contributed by atoms with E-state index in [2.05, 4.69) is 0 Å². The topological polar surface area (TPSA) is 467 Å². The van der Waals surface area contributed by atoms with Gasteiger partial charge in [-0.1, -0.05) is 0 Å². The fraction of sp³-hybridized carbons (Fsp3) is 0.667. The van der Waals surface area contributed by atoms with Gasteiger partial charge in [-0.15, -0.1) is 0 Å². The molecule has 18 N–H and O–H groups in total. The average Bonchev–Trinajstić information content (AvgIpc) is 2.95. The van der Waals surface area contributed by atoms with Gasteiger partial charge in [0.1, 0.15) is 0 Å². The van der Waals surface area contributed by atoms with Crippen molar-refractivity contribution in [1.82, 2.24) is 0 Å². The summed E-state index contributed by atoms with van der Waals surface area (Å²) in [6.45, 7) is -4.36. The van der Waals surface area contributed by atoms with E-state index < -0.39 is 112 Å². The summed E-state index contributed by atoms with van der Waals surface area (Å²) < 4.78 is 0. The third kappa shape index (κ3) is 58.1. The molecule has 0 rings (SSSR count). The van der Waals surface area contributed by atoms with Crippen LogP contribution in [0.1, 0.15) is 0 Å². The second-order valence-corrected chi connectivity index (χ2v) is 6.22. The van der Waals surface area contributed by atoms with Gasteiger partial charge in [0.25, 0.3) is 0 Å². The Morgan fingerprint density at radius 1 is 0.333 bits per heavy atom. The molecule has 0 aromatic rings. The number of rotatable bonds is 12. The van der Waals surface area contributed by atoms with Crippen LogP contribution in [-0.2, 0) is 81.5 Å². The van der Waals surface area contributed by atoms with Crippen molar-refractivity contribution in [2.75, 3.05) is 39.6 Å². The Bertz CT molecular complexity index is 592. The van der Waals surface area contributed by atoms with E-state index in [0.717, 1.165) is 0 Å². The first-order chi connectivity index (χ1) is 19.1. The zero-order chi connectivity index (χ0) is 35.2. The Balaban J connectivity index is -0.0000000487. The Morgan fingerprint density at radius 3 is 0.400 bits per heavy atom. The standard InChI is InChI=1S/6C3H6O4.Co.Ni.Zn/c6*4-1-2(5)3(6)7;;;/h6*2,4-5H,1H2,(H,6,7);;;. The summed E-state index contributed by atoms with van der Waals surface area (Å²) in [7, 11) is 0. The van der Waals surface area contributed by atoms with Gasteiger partial charge in [0.2, 0.25) is 0 Å². The smallest absolute Gasteiger partial charge is 0.334 e. The van der Waals surface area contributed by atoms with Gasteiger partial charge in [-0.2, -0.15) is 0 Å². The average molecular weight is 819 g/mol. The third-order valence-corrected chi connectivity index (χ3v) is 2.75. The molecule has 6 unspecified atom stereocenters. The fourth-order valence-corrected chi connectivity index (χ4v) is 0.469. The number of hydrogen-bond donors (Lipinski definition) is 18. The first kappa shape index (κ1) is 65.6. The zero-order valence-corrected chi connectivity index (χ0v) is 27.6. The molecule has 0 aliphatic carbocycles. The van der Waals surface area contributed by atoms with Crippen LogP contribution >= 0.6 is 0 Å². The Hall–Kier alpha value is -2.04. The molecule has 0 aliphatic rings. The van der Waals surface area contributed by atoms with Crippen molar-refractivity contribution >= 4 is 35.8 Å². The number of aliphatic hydroxyl groups is 12. The second-order valence-electron chi connectivity index (χ2n) is 6.22. The van der Waals surface area contributed by atoms with Gasteiger partial charge in [0.05, 0.1) is 39.6 Å². The molecule has 0 heterocycles. The van der Waals surface area contributed by atoms with Crippen molar-refractivity contribution in [3.05, 3.63) is 0 Å². The molecule has 0 aromatic heterocycles. The van der Waals surface area contributed by atoms with Gasteiger partial charge in [0, 0.05) is 52.7 Å². The maximum absolute atomic E-state index is 9.52. The van der Waals surface area contributed by atoms with E-state index >= 15 is 0 Å². The predicted octanol–water partition coefficient (Wildman–Crippen LogP) is -9.46. The first-order valence-electron chi connectivity index (χ1n) is 10.2. The summed E-state index contributed by atoms with van der Waals surface area (Å²) >= 11 is 0. The predicted molar refractivity (Wildman–Crippen MR) is 124 cm³/mol. The zero-order valence-electron chi connectivity index (χ0n) is 22.6. The molecule has 6 atom stereocenters. The number of carboxylic acid groups (broad SMARTS) is 6. The molecule has 0 saturated carbocycles. The minimum absolute atomic E-state index is 0. The van der Waals surface area contributed by atoms with Crippen molar-refractivity contribution in [2.45, 2.75) is 36.6 Å². The van der Waals surface area contributed by atoms with Gasteiger partial charge in [-0.3, -0.25) is 0 Å². The first-order valence-corrected chi connectivity index (χ1v) is 10.2. The Labute approximate surface area is 284 Å². The van der Waals surface area contributed by atoms with Crippen LogP contribution in [0.2, 0.25) is 0 Å². The van der Waals surface area contributed by atoms with Crippen LogP contribution in [0.3, 0.4) is 0 Å². The van der Waals surface area contributed by atoms with Crippen molar-refractivity contribution in [3.63, 3.8) is 0 Å². The second kappa shape index (κ2) is 44.1. The fourth-order valence-electron chi connectivity index (χ4n) is 0.469. The van der Waals surface area contributed by atoms with E-state index in [-0.39, 0.29) is 52.7 Å². The summed E-state index contributed by atoms with van der Waals surface area (Å²) in [4.78, 5) is 57.1. The molecular formula is C18H36CoNiO24Zn. The van der Waals surface area contributed by atoms with E-state index in [1.165, 1.54) is 0 Å². The molecule has 1 radical (unpaired) electrons. The van der Waals surface area contributed by atoms with E-state index in [1.807, 2.05) is 0 Å². The molecule has 0 bridgehead atoms. The number of hydrogen-bond acceptors (Lipinski definition) is 18. The van der Waals surface area contributed by atoms with Gasteiger partial charge in [-0.05, 0) is 0 Å². The van der Waals surface area contributed by atoms with E-state index in [0.29, 0.717) is 0 Å². The Kier molecular flexibility index (Phi) is 64.3. The van der Waals surface area contributed by atoms with E-state index in [9.17, 15) is 28.8 Å². The van der Waals surface area contributed by atoms with Crippen LogP contribution in [0, 0.1) is 0 Å². The van der Waals surface area contributed by atoms with Crippen LogP contribution in [-0.4, -0.2) is 204 Å². The third-order valence-electron chi connectivity index (χ3n) is 2.75. The van der Waals surface area contributed by atoms with E-state index in [4.69, 9.17) is 91.9 Å². The number of aliphatic hydroxyl groups excluding tert-OH is 12. The van der Waals surface area contributed by atoms with Crippen LogP contribution < -0.4 is 0 Å². The van der Waals surface area contributed by atoms with Gasteiger partial charge in [-0.25, -0.2) is 28.8 Å². The number of carbonyl (C=O) groups is 6. The van der Waals surface area contributed by atoms with Gasteiger partial charge in [0.15, 0.2) is 36.6 Å². The largest absolute Gasteiger partial charge is 0.479 e. The maximum atomic E-state index is 9.52. The van der Waals surface area contributed by atoms with Crippen LogP contribution in [0.4, 0.5) is 0 Å². The summed E-state index contributed by atoms with van der Waals surface area (Å²) in [5.74, 6) is -8.40. The SMILES string of the molecule is O=C(O)C(O)CO.O=C(O)C(O)CO.O=C(O)C(O)CO.O=C(O)C(O)CO.O=C(O)C(O)CO.O=C(O)C(O)CO.[Co].[Ni].[Zn]. The summed E-state index contributed by atoms with van der Waals surface area (Å²) in [5.41, 5.74) is 0. The van der Waals surface area contributed by atoms with Crippen molar-refractivity contribution in [2.24, 2.45) is 0 Å². The molecule has 273 valence electrons. The minimum Gasteiger partial charge on any atom is -0.479 e. The molecule has 0 spiro atoms. The quantitative estimate of drug-likeness (QED) is 0.0813. The van der Waals surface area contributed by atoms with Crippen molar-refractivity contribution in [1.29, 1.82) is 0 Å². The van der Waals surface area contributed by atoms with Crippen LogP contribution in [0.5, 0.6) is 0 Å². The summed E-state index contributed by atoms with van der Waals surface area (Å²) in [5, 5.41) is 142. The molecule has 27 heteroatoms. The molecule has 45 heavy (non-hydrogen) atoms. The maximum Gasteiger partial charge on any atom is 0.334 e. The number of carboxylic acids is 6. The summed E-state index contributed by atoms with van der Waals surface area (Å²) in [6, 6.07) is 0. The van der Waals surface area contributed by atoms with Gasteiger partial charge < -0.3 is 91.9 Å². The minimum atomic E-state index is -1.63. The molecule has 0 aromatic carbocycles. The Morgan fingerprint density at radius 2 is 0.400 bits per heavy atom. The molecule has 0 aliphatic heterocycles. The molecule has 0 fully saturated rings. The van der Waals surface area contributed by atoms with E-state index in [1.54, 1.807) is 0 Å². The number of aliphatic carboxylic acids is 6. The normalized spacial score (nSPS) is 12.5.